The maximum absolute atomic E-state index is 13.4. The van der Waals surface area contributed by atoms with E-state index in [1.54, 1.807) is 6.07 Å². The first-order valence-electron chi connectivity index (χ1n) is 6.26. The van der Waals surface area contributed by atoms with E-state index in [9.17, 15) is 4.39 Å². The van der Waals surface area contributed by atoms with Gasteiger partial charge in [0.15, 0.2) is 0 Å². The first-order chi connectivity index (χ1) is 9.69. The third-order valence-corrected chi connectivity index (χ3v) is 3.58. The van der Waals surface area contributed by atoms with Crippen LogP contribution in [0.15, 0.2) is 53.4 Å². The number of hydrogen-bond acceptors (Lipinski definition) is 3. The van der Waals surface area contributed by atoms with E-state index in [0.717, 1.165) is 26.9 Å². The van der Waals surface area contributed by atoms with Crippen LogP contribution in [-0.4, -0.2) is 4.98 Å². The van der Waals surface area contributed by atoms with E-state index in [-0.39, 0.29) is 5.82 Å². The molecule has 3 rings (SSSR count). The molecule has 0 radical (unpaired) electrons. The SMILES string of the molecule is NCc1cc2cccc(S)c2nc1-c1cccc(F)c1. The van der Waals surface area contributed by atoms with Crippen molar-refractivity contribution >= 4 is 23.5 Å². The molecule has 1 heterocycles. The monoisotopic (exact) mass is 284 g/mol. The maximum Gasteiger partial charge on any atom is 0.123 e. The molecule has 0 atom stereocenters. The molecule has 2 nitrogen and oxygen atoms in total. The van der Waals surface area contributed by atoms with Gasteiger partial charge in [0.1, 0.15) is 5.82 Å². The lowest BCUT2D eigenvalue weighted by molar-refractivity contribution is 0.628. The van der Waals surface area contributed by atoms with Crippen LogP contribution in [0.2, 0.25) is 0 Å². The molecule has 0 saturated carbocycles. The van der Waals surface area contributed by atoms with Gasteiger partial charge in [0.05, 0.1) is 11.2 Å². The fraction of sp³-hybridized carbons (Fsp3) is 0.0625. The van der Waals surface area contributed by atoms with Crippen LogP contribution in [0.5, 0.6) is 0 Å². The Morgan fingerprint density at radius 3 is 2.65 bits per heavy atom. The zero-order chi connectivity index (χ0) is 14.1. The number of benzene rings is 2. The quantitative estimate of drug-likeness (QED) is 0.703. The number of nitrogens with two attached hydrogens (primary N) is 1. The van der Waals surface area contributed by atoms with Crippen LogP contribution >= 0.6 is 12.6 Å². The highest BCUT2D eigenvalue weighted by Gasteiger charge is 2.10. The molecule has 0 amide bonds. The van der Waals surface area contributed by atoms with Gasteiger partial charge < -0.3 is 5.73 Å². The van der Waals surface area contributed by atoms with Crippen LogP contribution < -0.4 is 5.73 Å². The minimum Gasteiger partial charge on any atom is -0.326 e. The fourth-order valence-electron chi connectivity index (χ4n) is 2.27. The Kier molecular flexibility index (Phi) is 3.42. The van der Waals surface area contributed by atoms with Crippen molar-refractivity contribution < 1.29 is 4.39 Å². The summed E-state index contributed by atoms with van der Waals surface area (Å²) in [6.07, 6.45) is 0. The summed E-state index contributed by atoms with van der Waals surface area (Å²) in [5.41, 5.74) is 8.93. The molecule has 0 unspecified atom stereocenters. The highest BCUT2D eigenvalue weighted by Crippen LogP contribution is 2.28. The molecule has 20 heavy (non-hydrogen) atoms. The first-order valence-corrected chi connectivity index (χ1v) is 6.71. The lowest BCUT2D eigenvalue weighted by Crippen LogP contribution is -2.02. The summed E-state index contributed by atoms with van der Waals surface area (Å²) in [4.78, 5) is 5.43. The second-order valence-electron chi connectivity index (χ2n) is 4.56. The van der Waals surface area contributed by atoms with E-state index in [0.29, 0.717) is 12.2 Å². The van der Waals surface area contributed by atoms with Gasteiger partial charge in [-0.15, -0.1) is 12.6 Å². The number of fused-ring (bicyclic) bond motifs is 1. The molecule has 3 aromatic rings. The van der Waals surface area contributed by atoms with Crippen LogP contribution in [0, 0.1) is 5.82 Å². The lowest BCUT2D eigenvalue weighted by atomic mass is 10.0. The summed E-state index contributed by atoms with van der Waals surface area (Å²) in [7, 11) is 0. The average molecular weight is 284 g/mol. The topological polar surface area (TPSA) is 38.9 Å². The molecule has 4 heteroatoms. The fourth-order valence-corrected chi connectivity index (χ4v) is 2.53. The van der Waals surface area contributed by atoms with E-state index in [1.165, 1.54) is 12.1 Å². The Morgan fingerprint density at radius 1 is 1.10 bits per heavy atom. The van der Waals surface area contributed by atoms with E-state index in [2.05, 4.69) is 17.6 Å². The highest BCUT2D eigenvalue weighted by atomic mass is 32.1. The van der Waals surface area contributed by atoms with Crippen molar-refractivity contribution in [3.8, 4) is 11.3 Å². The van der Waals surface area contributed by atoms with Crippen molar-refractivity contribution in [2.75, 3.05) is 0 Å². The van der Waals surface area contributed by atoms with Crippen molar-refractivity contribution in [2.45, 2.75) is 11.4 Å². The average Bonchev–Trinajstić information content (AvgIpc) is 2.46. The van der Waals surface area contributed by atoms with Crippen molar-refractivity contribution in [2.24, 2.45) is 5.73 Å². The third kappa shape index (κ3) is 2.28. The summed E-state index contributed by atoms with van der Waals surface area (Å²) in [6, 6.07) is 14.1. The van der Waals surface area contributed by atoms with Crippen molar-refractivity contribution in [1.29, 1.82) is 0 Å². The van der Waals surface area contributed by atoms with Gasteiger partial charge in [0.2, 0.25) is 0 Å². The zero-order valence-corrected chi connectivity index (χ0v) is 11.6. The van der Waals surface area contributed by atoms with Crippen molar-refractivity contribution in [3.05, 3.63) is 59.9 Å². The highest BCUT2D eigenvalue weighted by molar-refractivity contribution is 7.80. The van der Waals surface area contributed by atoms with Crippen LogP contribution in [0.25, 0.3) is 22.2 Å². The predicted molar refractivity (Wildman–Crippen MR) is 82.3 cm³/mol. The number of halogens is 1. The molecule has 0 aliphatic heterocycles. The maximum atomic E-state index is 13.4. The Bertz CT molecular complexity index is 787. The molecule has 0 aliphatic carbocycles. The zero-order valence-electron chi connectivity index (χ0n) is 10.7. The molecule has 0 fully saturated rings. The largest absolute Gasteiger partial charge is 0.326 e. The predicted octanol–water partition coefficient (Wildman–Crippen LogP) is 3.79. The van der Waals surface area contributed by atoms with Crippen LogP contribution in [-0.2, 0) is 6.54 Å². The minimum atomic E-state index is -0.286. The Hall–Kier alpha value is -1.91. The van der Waals surface area contributed by atoms with Gasteiger partial charge in [0.25, 0.3) is 0 Å². The van der Waals surface area contributed by atoms with E-state index in [1.807, 2.05) is 30.3 Å². The summed E-state index contributed by atoms with van der Waals surface area (Å²) >= 11 is 4.43. The molecule has 0 saturated heterocycles. The third-order valence-electron chi connectivity index (χ3n) is 3.22. The number of hydrogen-bond donors (Lipinski definition) is 2. The number of aromatic nitrogens is 1. The van der Waals surface area contributed by atoms with E-state index < -0.39 is 0 Å². The molecule has 0 aliphatic rings. The molecular weight excluding hydrogens is 271 g/mol. The van der Waals surface area contributed by atoms with Gasteiger partial charge in [-0.05, 0) is 29.8 Å². The van der Waals surface area contributed by atoms with Gasteiger partial charge in [-0.25, -0.2) is 9.37 Å². The van der Waals surface area contributed by atoms with E-state index >= 15 is 0 Å². The Balaban J connectivity index is 2.31. The molecule has 0 bridgehead atoms. The summed E-state index contributed by atoms with van der Waals surface area (Å²) < 4.78 is 13.4. The van der Waals surface area contributed by atoms with Crippen molar-refractivity contribution in [3.63, 3.8) is 0 Å². The smallest absolute Gasteiger partial charge is 0.123 e. The van der Waals surface area contributed by atoms with Gasteiger partial charge in [-0.2, -0.15) is 0 Å². The molecule has 2 N–H and O–H groups in total. The number of nitrogens with zero attached hydrogens (tertiary/aromatic N) is 1. The number of thiol groups is 1. The van der Waals surface area contributed by atoms with E-state index in [4.69, 9.17) is 5.73 Å². The van der Waals surface area contributed by atoms with Crippen LogP contribution in [0.3, 0.4) is 0 Å². The molecule has 1 aromatic heterocycles. The molecule has 0 spiro atoms. The second kappa shape index (κ2) is 5.23. The van der Waals surface area contributed by atoms with Gasteiger partial charge in [-0.1, -0.05) is 24.3 Å². The molecular formula is C16H13FN2S. The minimum absolute atomic E-state index is 0.286. The standard InChI is InChI=1S/C16H13FN2S/c17-13-5-1-3-11(8-13)15-12(9-18)7-10-4-2-6-14(20)16(10)19-15/h1-8,20H,9,18H2. The first kappa shape index (κ1) is 13.1. The summed E-state index contributed by atoms with van der Waals surface area (Å²) in [5.74, 6) is -0.286. The van der Waals surface area contributed by atoms with Crippen molar-refractivity contribution in [1.82, 2.24) is 4.98 Å². The molecule has 2 aromatic carbocycles. The summed E-state index contributed by atoms with van der Waals surface area (Å²) in [6.45, 7) is 0.353. The Labute approximate surface area is 121 Å². The number of rotatable bonds is 2. The van der Waals surface area contributed by atoms with Gasteiger partial charge >= 0.3 is 0 Å². The normalized spacial score (nSPS) is 10.9. The lowest BCUT2D eigenvalue weighted by Gasteiger charge is -2.10. The summed E-state index contributed by atoms with van der Waals surface area (Å²) in [5, 5.41) is 0.984. The van der Waals surface area contributed by atoms with Gasteiger partial charge in [-0.3, -0.25) is 0 Å². The number of pyridine rings is 1. The van der Waals surface area contributed by atoms with Crippen LogP contribution in [0.4, 0.5) is 4.39 Å². The van der Waals surface area contributed by atoms with Crippen LogP contribution in [0.1, 0.15) is 5.56 Å². The number of para-hydroxylation sites is 1. The Morgan fingerprint density at radius 2 is 1.90 bits per heavy atom. The second-order valence-corrected chi connectivity index (χ2v) is 5.04. The molecule has 100 valence electrons. The van der Waals surface area contributed by atoms with Gasteiger partial charge in [0, 0.05) is 22.4 Å².